The summed E-state index contributed by atoms with van der Waals surface area (Å²) < 4.78 is 4.99. The predicted octanol–water partition coefficient (Wildman–Crippen LogP) is 1.28. The van der Waals surface area contributed by atoms with Crippen LogP contribution in [0.15, 0.2) is 24.3 Å². The standard InChI is InChI=1S/C11H12O4/c1-15-10-4-2-3-8(6-10)5-9(12)7-11(13)14/h2-4,6H,5,7H2,1H3,(H,13,14). The zero-order chi connectivity index (χ0) is 11.3. The number of aliphatic carboxylic acids is 1. The van der Waals surface area contributed by atoms with Gasteiger partial charge in [-0.05, 0) is 17.7 Å². The van der Waals surface area contributed by atoms with E-state index in [0.29, 0.717) is 5.75 Å². The number of hydrogen-bond donors (Lipinski definition) is 1. The van der Waals surface area contributed by atoms with Crippen molar-refractivity contribution in [3.05, 3.63) is 29.8 Å². The summed E-state index contributed by atoms with van der Waals surface area (Å²) in [5.41, 5.74) is 0.764. The minimum atomic E-state index is -1.09. The van der Waals surface area contributed by atoms with Gasteiger partial charge in [-0.1, -0.05) is 12.1 Å². The van der Waals surface area contributed by atoms with Crippen molar-refractivity contribution in [3.8, 4) is 5.75 Å². The zero-order valence-corrected chi connectivity index (χ0v) is 8.40. The van der Waals surface area contributed by atoms with Crippen molar-refractivity contribution >= 4 is 11.8 Å². The molecule has 0 saturated carbocycles. The number of methoxy groups -OCH3 is 1. The Balaban J connectivity index is 2.63. The topological polar surface area (TPSA) is 63.6 Å². The van der Waals surface area contributed by atoms with Crippen molar-refractivity contribution in [2.45, 2.75) is 12.8 Å². The van der Waals surface area contributed by atoms with Crippen LogP contribution < -0.4 is 4.74 Å². The third-order valence-electron chi connectivity index (χ3n) is 1.88. The van der Waals surface area contributed by atoms with E-state index in [1.54, 1.807) is 24.3 Å². The fourth-order valence-corrected chi connectivity index (χ4v) is 1.24. The molecule has 0 bridgehead atoms. The molecule has 4 heteroatoms. The predicted molar refractivity (Wildman–Crippen MR) is 54.0 cm³/mol. The van der Waals surface area contributed by atoms with Crippen LogP contribution in [0.2, 0.25) is 0 Å². The summed E-state index contributed by atoms with van der Waals surface area (Å²) in [6.07, 6.45) is -0.305. The summed E-state index contributed by atoms with van der Waals surface area (Å²) in [5.74, 6) is -0.741. The van der Waals surface area contributed by atoms with Crippen molar-refractivity contribution in [2.24, 2.45) is 0 Å². The first-order valence-corrected chi connectivity index (χ1v) is 4.48. The molecule has 1 rings (SSSR count). The number of carboxylic acids is 1. The molecule has 0 fully saturated rings. The van der Waals surface area contributed by atoms with Crippen LogP contribution in [-0.2, 0) is 16.0 Å². The summed E-state index contributed by atoms with van der Waals surface area (Å²) in [4.78, 5) is 21.5. The van der Waals surface area contributed by atoms with Gasteiger partial charge in [-0.3, -0.25) is 9.59 Å². The second kappa shape index (κ2) is 5.14. The Labute approximate surface area is 87.5 Å². The molecule has 0 aromatic heterocycles. The number of Topliss-reactive ketones (excluding diaryl/α,β-unsaturated/α-hetero) is 1. The Morgan fingerprint density at radius 1 is 1.40 bits per heavy atom. The summed E-state index contributed by atoms with van der Waals surface area (Å²) in [6, 6.07) is 7.02. The molecule has 0 heterocycles. The number of carbonyl (C=O) groups is 2. The normalized spacial score (nSPS) is 9.67. The van der Waals surface area contributed by atoms with Gasteiger partial charge in [0.25, 0.3) is 0 Å². The summed E-state index contributed by atoms with van der Waals surface area (Å²) in [5, 5.41) is 8.42. The first kappa shape index (κ1) is 11.2. The molecule has 15 heavy (non-hydrogen) atoms. The lowest BCUT2D eigenvalue weighted by molar-refractivity contribution is -0.140. The van der Waals surface area contributed by atoms with Crippen molar-refractivity contribution in [1.82, 2.24) is 0 Å². The SMILES string of the molecule is COc1cccc(CC(=O)CC(=O)O)c1. The molecule has 0 aliphatic carbocycles. The van der Waals surface area contributed by atoms with Gasteiger partial charge in [0.15, 0.2) is 0 Å². The third kappa shape index (κ3) is 3.81. The lowest BCUT2D eigenvalue weighted by atomic mass is 10.1. The molecule has 0 aliphatic heterocycles. The smallest absolute Gasteiger partial charge is 0.310 e. The van der Waals surface area contributed by atoms with Crippen LogP contribution in [0.1, 0.15) is 12.0 Å². The largest absolute Gasteiger partial charge is 0.497 e. The van der Waals surface area contributed by atoms with E-state index in [-0.39, 0.29) is 12.2 Å². The molecule has 1 aromatic rings. The first-order chi connectivity index (χ1) is 7.11. The summed E-state index contributed by atoms with van der Waals surface area (Å²) in [6.45, 7) is 0. The number of benzene rings is 1. The van der Waals surface area contributed by atoms with Gasteiger partial charge in [-0.2, -0.15) is 0 Å². The lowest BCUT2D eigenvalue weighted by Crippen LogP contribution is -2.09. The van der Waals surface area contributed by atoms with Crippen molar-refractivity contribution in [2.75, 3.05) is 7.11 Å². The van der Waals surface area contributed by atoms with Crippen LogP contribution in [0.4, 0.5) is 0 Å². The molecule has 80 valence electrons. The molecule has 0 unspecified atom stereocenters. The Morgan fingerprint density at radius 2 is 2.13 bits per heavy atom. The number of hydrogen-bond acceptors (Lipinski definition) is 3. The number of rotatable bonds is 5. The number of carboxylic acid groups (broad SMARTS) is 1. The maximum absolute atomic E-state index is 11.2. The van der Waals surface area contributed by atoms with Gasteiger partial charge >= 0.3 is 5.97 Å². The highest BCUT2D eigenvalue weighted by molar-refractivity contribution is 5.95. The van der Waals surface area contributed by atoms with Crippen LogP contribution in [0.3, 0.4) is 0 Å². The fourth-order valence-electron chi connectivity index (χ4n) is 1.24. The Kier molecular flexibility index (Phi) is 3.85. The van der Waals surface area contributed by atoms with Gasteiger partial charge in [-0.15, -0.1) is 0 Å². The molecule has 4 nitrogen and oxygen atoms in total. The molecule has 0 atom stereocenters. The Hall–Kier alpha value is -1.84. The molecule has 1 aromatic carbocycles. The average molecular weight is 208 g/mol. The molecule has 1 N–H and O–H groups in total. The van der Waals surface area contributed by atoms with Crippen LogP contribution in [0.5, 0.6) is 5.75 Å². The van der Waals surface area contributed by atoms with Crippen LogP contribution in [0.25, 0.3) is 0 Å². The monoisotopic (exact) mass is 208 g/mol. The zero-order valence-electron chi connectivity index (χ0n) is 8.40. The maximum atomic E-state index is 11.2. The molecular weight excluding hydrogens is 196 g/mol. The Morgan fingerprint density at radius 3 is 2.73 bits per heavy atom. The van der Waals surface area contributed by atoms with E-state index >= 15 is 0 Å². The van der Waals surface area contributed by atoms with Gasteiger partial charge in [0.05, 0.1) is 7.11 Å². The van der Waals surface area contributed by atoms with Crippen LogP contribution >= 0.6 is 0 Å². The van der Waals surface area contributed by atoms with Crippen molar-refractivity contribution in [3.63, 3.8) is 0 Å². The first-order valence-electron chi connectivity index (χ1n) is 4.48. The number of carbonyl (C=O) groups excluding carboxylic acids is 1. The van der Waals surface area contributed by atoms with Gasteiger partial charge in [0.2, 0.25) is 0 Å². The molecule has 0 radical (unpaired) electrons. The van der Waals surface area contributed by atoms with Crippen LogP contribution in [-0.4, -0.2) is 24.0 Å². The number of ketones is 1. The van der Waals surface area contributed by atoms with Gasteiger partial charge < -0.3 is 9.84 Å². The maximum Gasteiger partial charge on any atom is 0.310 e. The third-order valence-corrected chi connectivity index (χ3v) is 1.88. The van der Waals surface area contributed by atoms with Gasteiger partial charge in [0.1, 0.15) is 18.0 Å². The van der Waals surface area contributed by atoms with E-state index in [4.69, 9.17) is 9.84 Å². The van der Waals surface area contributed by atoms with Gasteiger partial charge in [-0.25, -0.2) is 0 Å². The molecular formula is C11H12O4. The highest BCUT2D eigenvalue weighted by Gasteiger charge is 2.08. The van der Waals surface area contributed by atoms with E-state index in [0.717, 1.165) is 5.56 Å². The minimum absolute atomic E-state index is 0.128. The minimum Gasteiger partial charge on any atom is -0.497 e. The van der Waals surface area contributed by atoms with E-state index < -0.39 is 12.4 Å². The second-order valence-electron chi connectivity index (χ2n) is 3.14. The molecule has 0 saturated heterocycles. The second-order valence-corrected chi connectivity index (χ2v) is 3.14. The molecule has 0 aliphatic rings. The van der Waals surface area contributed by atoms with E-state index in [1.165, 1.54) is 7.11 Å². The van der Waals surface area contributed by atoms with Crippen molar-refractivity contribution in [1.29, 1.82) is 0 Å². The quantitative estimate of drug-likeness (QED) is 0.740. The highest BCUT2D eigenvalue weighted by Crippen LogP contribution is 2.13. The number of ether oxygens (including phenoxy) is 1. The summed E-state index contributed by atoms with van der Waals surface area (Å²) in [7, 11) is 1.54. The van der Waals surface area contributed by atoms with Crippen molar-refractivity contribution < 1.29 is 19.4 Å². The molecule has 0 spiro atoms. The summed E-state index contributed by atoms with van der Waals surface area (Å²) >= 11 is 0. The van der Waals surface area contributed by atoms with Gasteiger partial charge in [0, 0.05) is 6.42 Å². The fraction of sp³-hybridized carbons (Fsp3) is 0.273. The van der Waals surface area contributed by atoms with Crippen LogP contribution in [0, 0.1) is 0 Å². The van der Waals surface area contributed by atoms with E-state index in [9.17, 15) is 9.59 Å². The highest BCUT2D eigenvalue weighted by atomic mass is 16.5. The molecule has 0 amide bonds. The van der Waals surface area contributed by atoms with E-state index in [2.05, 4.69) is 0 Å². The average Bonchev–Trinajstić information content (AvgIpc) is 2.16. The van der Waals surface area contributed by atoms with E-state index in [1.807, 2.05) is 0 Å². The Bertz CT molecular complexity index is 371. The lowest BCUT2D eigenvalue weighted by Gasteiger charge is -2.02.